The molecule has 8 nitrogen and oxygen atoms in total. The fraction of sp³-hybridized carbons (Fsp3) is 0.0833. The molecule has 2 aromatic heterocycles. The highest BCUT2D eigenvalue weighted by Crippen LogP contribution is 2.22. The molecule has 0 saturated carbocycles. The Morgan fingerprint density at radius 1 is 1.30 bits per heavy atom. The van der Waals surface area contributed by atoms with Gasteiger partial charge in [-0.3, -0.25) is 4.79 Å². The number of amides is 1. The summed E-state index contributed by atoms with van der Waals surface area (Å²) < 4.78 is 0. The minimum Gasteiger partial charge on any atom is -0.383 e. The molecule has 0 aliphatic rings. The number of hydrogen-bond donors (Lipinski definition) is 3. The molecular formula is C12H11N7O. The number of pyridine rings is 1. The smallest absolute Gasteiger partial charge is 0.253 e. The number of H-pyrrole nitrogens is 1. The summed E-state index contributed by atoms with van der Waals surface area (Å²) in [6, 6.07) is 7.35. The fourth-order valence-corrected chi connectivity index (χ4v) is 1.91. The quantitative estimate of drug-likeness (QED) is 0.626. The fourth-order valence-electron chi connectivity index (χ4n) is 1.91. The first kappa shape index (κ1) is 12.0. The van der Waals surface area contributed by atoms with Crippen LogP contribution in [0.4, 0.5) is 5.82 Å². The first-order chi connectivity index (χ1) is 9.75. The highest BCUT2D eigenvalue weighted by atomic mass is 16.1. The van der Waals surface area contributed by atoms with Crippen LogP contribution in [-0.2, 0) is 6.54 Å². The number of nitrogens with two attached hydrogens (primary N) is 1. The van der Waals surface area contributed by atoms with Crippen LogP contribution in [0, 0.1) is 0 Å². The van der Waals surface area contributed by atoms with Crippen molar-refractivity contribution in [2.75, 3.05) is 5.73 Å². The predicted octanol–water partition coefficient (Wildman–Crippen LogP) is 0.260. The minimum absolute atomic E-state index is 0.189. The lowest BCUT2D eigenvalue weighted by atomic mass is 10.1. The number of fused-ring (bicyclic) bond motifs is 1. The Morgan fingerprint density at radius 2 is 2.10 bits per heavy atom. The van der Waals surface area contributed by atoms with Gasteiger partial charge in [0, 0.05) is 11.6 Å². The van der Waals surface area contributed by atoms with Gasteiger partial charge in [0.25, 0.3) is 5.91 Å². The van der Waals surface area contributed by atoms with E-state index < -0.39 is 0 Å². The second-order valence-electron chi connectivity index (χ2n) is 4.11. The van der Waals surface area contributed by atoms with Gasteiger partial charge in [0.05, 0.1) is 12.1 Å². The van der Waals surface area contributed by atoms with Crippen molar-refractivity contribution in [3.8, 4) is 0 Å². The summed E-state index contributed by atoms with van der Waals surface area (Å²) in [4.78, 5) is 16.2. The van der Waals surface area contributed by atoms with E-state index in [0.717, 1.165) is 10.8 Å². The third-order valence-electron chi connectivity index (χ3n) is 2.87. The molecule has 100 valence electrons. The van der Waals surface area contributed by atoms with Crippen LogP contribution in [0.25, 0.3) is 10.8 Å². The van der Waals surface area contributed by atoms with Crippen LogP contribution in [0.3, 0.4) is 0 Å². The molecule has 1 aromatic carbocycles. The number of nitrogens with zero attached hydrogens (tertiary/aromatic N) is 4. The number of nitrogen functional groups attached to an aromatic ring is 1. The Hall–Kier alpha value is -3.03. The van der Waals surface area contributed by atoms with Gasteiger partial charge in [0.1, 0.15) is 5.82 Å². The highest BCUT2D eigenvalue weighted by molar-refractivity contribution is 6.08. The maximum absolute atomic E-state index is 12.2. The summed E-state index contributed by atoms with van der Waals surface area (Å²) in [5.74, 6) is 0.542. The topological polar surface area (TPSA) is 122 Å². The Bertz CT molecular complexity index is 754. The van der Waals surface area contributed by atoms with E-state index in [2.05, 4.69) is 30.9 Å². The first-order valence-electron chi connectivity index (χ1n) is 5.89. The van der Waals surface area contributed by atoms with Crippen molar-refractivity contribution in [1.82, 2.24) is 30.9 Å². The van der Waals surface area contributed by atoms with Crippen molar-refractivity contribution in [3.05, 3.63) is 41.9 Å². The number of carbonyl (C=O) groups excluding carboxylic acids is 1. The summed E-state index contributed by atoms with van der Waals surface area (Å²) in [5.41, 5.74) is 6.26. The standard InChI is InChI=1S/C12H11N7O/c13-11-8-4-2-1-3-7(8)9(5-14-11)12(20)15-6-10-16-18-19-17-10/h1-5H,6H2,(H2,13,14)(H,15,20)(H,16,17,18,19). The van der Waals surface area contributed by atoms with E-state index in [4.69, 9.17) is 5.73 Å². The van der Waals surface area contributed by atoms with Crippen molar-refractivity contribution in [2.45, 2.75) is 6.54 Å². The highest BCUT2D eigenvalue weighted by Gasteiger charge is 2.12. The molecule has 0 fully saturated rings. The van der Waals surface area contributed by atoms with Gasteiger partial charge in [-0.05, 0) is 5.39 Å². The van der Waals surface area contributed by atoms with Crippen molar-refractivity contribution in [3.63, 3.8) is 0 Å². The van der Waals surface area contributed by atoms with Crippen molar-refractivity contribution < 1.29 is 4.79 Å². The van der Waals surface area contributed by atoms with Gasteiger partial charge in [-0.15, -0.1) is 10.2 Å². The molecule has 0 aliphatic carbocycles. The third kappa shape index (κ3) is 2.14. The normalized spacial score (nSPS) is 10.6. The van der Waals surface area contributed by atoms with Crippen LogP contribution in [0.15, 0.2) is 30.5 Å². The molecule has 8 heteroatoms. The minimum atomic E-state index is -0.265. The van der Waals surface area contributed by atoms with E-state index in [1.54, 1.807) is 0 Å². The maximum Gasteiger partial charge on any atom is 0.253 e. The molecule has 0 radical (unpaired) electrons. The van der Waals surface area contributed by atoms with Crippen LogP contribution in [0.5, 0.6) is 0 Å². The molecule has 3 rings (SSSR count). The predicted molar refractivity (Wildman–Crippen MR) is 71.5 cm³/mol. The summed E-state index contributed by atoms with van der Waals surface area (Å²) in [6.45, 7) is 0.189. The van der Waals surface area contributed by atoms with Crippen molar-refractivity contribution in [2.24, 2.45) is 0 Å². The van der Waals surface area contributed by atoms with Crippen molar-refractivity contribution in [1.29, 1.82) is 0 Å². The van der Waals surface area contributed by atoms with Gasteiger partial charge in [-0.2, -0.15) is 5.21 Å². The zero-order valence-corrected chi connectivity index (χ0v) is 10.4. The molecule has 0 atom stereocenters. The second kappa shape index (κ2) is 4.92. The van der Waals surface area contributed by atoms with Gasteiger partial charge in [0.2, 0.25) is 0 Å². The summed E-state index contributed by atoms with van der Waals surface area (Å²) in [7, 11) is 0. The second-order valence-corrected chi connectivity index (χ2v) is 4.11. The maximum atomic E-state index is 12.2. The molecular weight excluding hydrogens is 258 g/mol. The molecule has 0 aliphatic heterocycles. The summed E-state index contributed by atoms with van der Waals surface area (Å²) in [5, 5.41) is 17.5. The zero-order valence-electron chi connectivity index (χ0n) is 10.4. The molecule has 2 heterocycles. The summed E-state index contributed by atoms with van der Waals surface area (Å²) in [6.07, 6.45) is 1.46. The number of anilines is 1. The van der Waals surface area contributed by atoms with Crippen LogP contribution < -0.4 is 11.1 Å². The van der Waals surface area contributed by atoms with Gasteiger partial charge >= 0.3 is 0 Å². The lowest BCUT2D eigenvalue weighted by Crippen LogP contribution is -2.24. The van der Waals surface area contributed by atoms with E-state index in [-0.39, 0.29) is 12.5 Å². The number of tetrazole rings is 1. The SMILES string of the molecule is Nc1ncc(C(=O)NCc2nn[nH]n2)c2ccccc12. The number of hydrogen-bond acceptors (Lipinski definition) is 6. The van der Waals surface area contributed by atoms with E-state index in [1.807, 2.05) is 24.3 Å². The number of aromatic amines is 1. The van der Waals surface area contributed by atoms with Crippen LogP contribution in [0.1, 0.15) is 16.2 Å². The monoisotopic (exact) mass is 269 g/mol. The molecule has 1 amide bonds. The Labute approximate surface area is 113 Å². The van der Waals surface area contributed by atoms with Gasteiger partial charge in [-0.25, -0.2) is 4.98 Å². The van der Waals surface area contributed by atoms with Crippen LogP contribution in [-0.4, -0.2) is 31.5 Å². The lowest BCUT2D eigenvalue weighted by Gasteiger charge is -2.07. The molecule has 4 N–H and O–H groups in total. The lowest BCUT2D eigenvalue weighted by molar-refractivity contribution is 0.0951. The van der Waals surface area contributed by atoms with E-state index >= 15 is 0 Å². The Kier molecular flexibility index (Phi) is 2.96. The molecule has 0 bridgehead atoms. The van der Waals surface area contributed by atoms with Gasteiger partial charge in [0.15, 0.2) is 5.82 Å². The number of carbonyl (C=O) groups is 1. The Morgan fingerprint density at radius 3 is 2.85 bits per heavy atom. The zero-order chi connectivity index (χ0) is 13.9. The van der Waals surface area contributed by atoms with Gasteiger partial charge < -0.3 is 11.1 Å². The Balaban J connectivity index is 1.90. The van der Waals surface area contributed by atoms with Crippen LogP contribution in [0.2, 0.25) is 0 Å². The summed E-state index contributed by atoms with van der Waals surface area (Å²) >= 11 is 0. The molecule has 0 saturated heterocycles. The third-order valence-corrected chi connectivity index (χ3v) is 2.87. The molecule has 3 aromatic rings. The van der Waals surface area contributed by atoms with Crippen LogP contribution >= 0.6 is 0 Å². The van der Waals surface area contributed by atoms with E-state index in [1.165, 1.54) is 6.20 Å². The molecule has 20 heavy (non-hydrogen) atoms. The van der Waals surface area contributed by atoms with E-state index in [9.17, 15) is 4.79 Å². The van der Waals surface area contributed by atoms with Gasteiger partial charge in [-0.1, -0.05) is 29.5 Å². The van der Waals surface area contributed by atoms with Crippen molar-refractivity contribution >= 4 is 22.5 Å². The number of benzene rings is 1. The molecule has 0 spiro atoms. The first-order valence-corrected chi connectivity index (χ1v) is 5.89. The number of rotatable bonds is 3. The average Bonchev–Trinajstić information content (AvgIpc) is 2.99. The van der Waals surface area contributed by atoms with E-state index in [0.29, 0.717) is 17.2 Å². The number of nitrogens with one attached hydrogen (secondary N) is 2. The average molecular weight is 269 g/mol. The largest absolute Gasteiger partial charge is 0.383 e. The number of aromatic nitrogens is 5. The molecule has 0 unspecified atom stereocenters.